The zero-order valence-corrected chi connectivity index (χ0v) is 15.2. The number of hydrogen-bond acceptors (Lipinski definition) is 6. The molecule has 0 atom stereocenters. The molecule has 2 aromatic rings. The number of thiophene rings is 1. The molecule has 0 saturated carbocycles. The first-order valence-corrected chi connectivity index (χ1v) is 10.2. The summed E-state index contributed by atoms with van der Waals surface area (Å²) in [5.41, 5.74) is 0. The van der Waals surface area contributed by atoms with Gasteiger partial charge in [0.05, 0.1) is 10.5 Å². The van der Waals surface area contributed by atoms with Crippen molar-refractivity contribution < 1.29 is 21.6 Å². The first-order chi connectivity index (χ1) is 11.2. The van der Waals surface area contributed by atoms with Crippen molar-refractivity contribution in [2.75, 3.05) is 31.1 Å². The van der Waals surface area contributed by atoms with Gasteiger partial charge in [0, 0.05) is 26.2 Å². The summed E-state index contributed by atoms with van der Waals surface area (Å²) in [4.78, 5) is 4.69. The summed E-state index contributed by atoms with van der Waals surface area (Å²) >= 11 is 7.32. The molecule has 0 amide bonds. The molecule has 1 aliphatic rings. The van der Waals surface area contributed by atoms with Gasteiger partial charge in [-0.2, -0.15) is 17.5 Å². The maximum absolute atomic E-state index is 12.6. The van der Waals surface area contributed by atoms with E-state index in [-0.39, 0.29) is 35.5 Å². The highest BCUT2D eigenvalue weighted by molar-refractivity contribution is 7.91. The highest BCUT2D eigenvalue weighted by atomic mass is 35.5. The molecule has 0 unspecified atom stereocenters. The summed E-state index contributed by atoms with van der Waals surface area (Å²) in [6.45, 7) is 0.920. The number of piperazine rings is 1. The van der Waals surface area contributed by atoms with Crippen LogP contribution in [0.25, 0.3) is 0 Å². The molecule has 12 heteroatoms. The Balaban J connectivity index is 1.69. The summed E-state index contributed by atoms with van der Waals surface area (Å²) in [5, 5.41) is 0.249. The van der Waals surface area contributed by atoms with Crippen LogP contribution < -0.4 is 4.90 Å². The average Bonchev–Trinajstić information content (AvgIpc) is 3.16. The molecule has 0 radical (unpaired) electrons. The van der Waals surface area contributed by atoms with Gasteiger partial charge in [0.1, 0.15) is 9.09 Å². The van der Waals surface area contributed by atoms with Crippen LogP contribution in [0, 0.1) is 0 Å². The number of nitrogens with zero attached hydrogens (tertiary/aromatic N) is 3. The number of sulfonamides is 1. The van der Waals surface area contributed by atoms with Crippen molar-refractivity contribution in [3.05, 3.63) is 27.5 Å². The summed E-state index contributed by atoms with van der Waals surface area (Å²) in [6.07, 6.45) is -3.61. The molecular weight excluding hydrogens is 407 g/mol. The molecule has 1 fully saturated rings. The monoisotopic (exact) mass is 417 g/mol. The fraction of sp³-hybridized carbons (Fsp3) is 0.417. The molecule has 24 heavy (non-hydrogen) atoms. The van der Waals surface area contributed by atoms with Gasteiger partial charge < -0.3 is 4.90 Å². The van der Waals surface area contributed by atoms with Gasteiger partial charge in [-0.05, 0) is 12.1 Å². The summed E-state index contributed by atoms with van der Waals surface area (Å²) in [7, 11) is -3.62. The van der Waals surface area contributed by atoms with E-state index in [1.165, 1.54) is 16.4 Å². The first-order valence-electron chi connectivity index (χ1n) is 6.71. The Bertz CT molecular complexity index is 826. The van der Waals surface area contributed by atoms with Crippen LogP contribution in [-0.2, 0) is 16.2 Å². The lowest BCUT2D eigenvalue weighted by molar-refractivity contribution is -0.134. The van der Waals surface area contributed by atoms with Crippen LogP contribution in [0.4, 0.5) is 18.3 Å². The third-order valence-electron chi connectivity index (χ3n) is 3.42. The van der Waals surface area contributed by atoms with E-state index in [9.17, 15) is 21.6 Å². The minimum atomic E-state index is -4.42. The molecule has 0 aromatic carbocycles. The number of hydrogen-bond donors (Lipinski definition) is 0. The molecule has 3 rings (SSSR count). The van der Waals surface area contributed by atoms with Crippen LogP contribution in [0.15, 0.2) is 22.5 Å². The third-order valence-corrected chi connectivity index (χ3v) is 8.12. The van der Waals surface area contributed by atoms with Crippen LogP contribution >= 0.6 is 34.3 Å². The molecule has 1 saturated heterocycles. The van der Waals surface area contributed by atoms with Crippen LogP contribution in [0.5, 0.6) is 0 Å². The number of thiazole rings is 1. The normalized spacial score (nSPS) is 17.4. The Kier molecular flexibility index (Phi) is 4.82. The van der Waals surface area contributed by atoms with E-state index < -0.39 is 21.1 Å². The first kappa shape index (κ1) is 17.9. The molecular formula is C12H11ClF3N3O2S3. The van der Waals surface area contributed by atoms with Crippen molar-refractivity contribution in [1.82, 2.24) is 9.29 Å². The smallest absolute Gasteiger partial charge is 0.345 e. The molecule has 3 heterocycles. The molecule has 0 aliphatic carbocycles. The van der Waals surface area contributed by atoms with Crippen molar-refractivity contribution in [3.63, 3.8) is 0 Å². The molecule has 5 nitrogen and oxygen atoms in total. The maximum Gasteiger partial charge on any atom is 0.427 e. The van der Waals surface area contributed by atoms with E-state index in [0.717, 1.165) is 17.5 Å². The quantitative estimate of drug-likeness (QED) is 0.768. The zero-order valence-electron chi connectivity index (χ0n) is 12.0. The maximum atomic E-state index is 12.6. The van der Waals surface area contributed by atoms with E-state index >= 15 is 0 Å². The minimum Gasteiger partial charge on any atom is -0.345 e. The lowest BCUT2D eigenvalue weighted by Gasteiger charge is -2.33. The Morgan fingerprint density at radius 1 is 1.12 bits per heavy atom. The van der Waals surface area contributed by atoms with Gasteiger partial charge in [-0.15, -0.1) is 11.3 Å². The SMILES string of the molecule is O=S(=O)(c1ccc(Cl)s1)N1CCN(c2ncc(C(F)(F)F)s2)CC1. The molecule has 0 spiro atoms. The fourth-order valence-corrected chi connectivity index (χ4v) is 6.12. The highest BCUT2D eigenvalue weighted by Gasteiger charge is 2.35. The van der Waals surface area contributed by atoms with E-state index in [2.05, 4.69) is 4.98 Å². The van der Waals surface area contributed by atoms with Crippen LogP contribution in [0.1, 0.15) is 4.88 Å². The van der Waals surface area contributed by atoms with Crippen molar-refractivity contribution in [1.29, 1.82) is 0 Å². The minimum absolute atomic E-state index is 0.162. The number of alkyl halides is 3. The second-order valence-electron chi connectivity index (χ2n) is 4.95. The highest BCUT2D eigenvalue weighted by Crippen LogP contribution is 2.36. The Labute approximate surface area is 149 Å². The van der Waals surface area contributed by atoms with Gasteiger partial charge in [-0.1, -0.05) is 22.9 Å². The van der Waals surface area contributed by atoms with Crippen molar-refractivity contribution >= 4 is 49.4 Å². The predicted molar refractivity (Wildman–Crippen MR) is 87.4 cm³/mol. The Morgan fingerprint density at radius 3 is 2.29 bits per heavy atom. The van der Waals surface area contributed by atoms with E-state index in [0.29, 0.717) is 15.7 Å². The van der Waals surface area contributed by atoms with Crippen LogP contribution in [0.2, 0.25) is 4.34 Å². The summed E-state index contributed by atoms with van der Waals surface area (Å²) in [5.74, 6) is 0. The van der Waals surface area contributed by atoms with Gasteiger partial charge in [0.25, 0.3) is 10.0 Å². The van der Waals surface area contributed by atoms with E-state index in [1.54, 1.807) is 4.90 Å². The number of rotatable bonds is 3. The van der Waals surface area contributed by atoms with E-state index in [1.807, 2.05) is 0 Å². The van der Waals surface area contributed by atoms with Crippen LogP contribution in [-0.4, -0.2) is 43.9 Å². The largest absolute Gasteiger partial charge is 0.427 e. The predicted octanol–water partition coefficient (Wildman–Crippen LogP) is 3.39. The molecule has 0 N–H and O–H groups in total. The topological polar surface area (TPSA) is 53.5 Å². The van der Waals surface area contributed by atoms with Crippen molar-refractivity contribution in [3.8, 4) is 0 Å². The second kappa shape index (κ2) is 6.45. The summed E-state index contributed by atoms with van der Waals surface area (Å²) in [6, 6.07) is 2.97. The average molecular weight is 418 g/mol. The van der Waals surface area contributed by atoms with Gasteiger partial charge in [-0.3, -0.25) is 0 Å². The standard InChI is InChI=1S/C12H11ClF3N3O2S3/c13-9-1-2-10(23-9)24(20,21)19-5-3-18(4-6-19)11-17-7-8(22-11)12(14,15)16/h1-2,7H,3-6H2. The lowest BCUT2D eigenvalue weighted by Crippen LogP contribution is -2.48. The van der Waals surface area contributed by atoms with Gasteiger partial charge in [0.2, 0.25) is 0 Å². The number of halogens is 4. The molecule has 2 aromatic heterocycles. The molecule has 132 valence electrons. The van der Waals surface area contributed by atoms with Gasteiger partial charge in [-0.25, -0.2) is 13.4 Å². The lowest BCUT2D eigenvalue weighted by atomic mass is 10.4. The summed E-state index contributed by atoms with van der Waals surface area (Å²) < 4.78 is 64.7. The third kappa shape index (κ3) is 3.54. The Hall–Kier alpha value is -0.880. The zero-order chi connectivity index (χ0) is 17.5. The molecule has 1 aliphatic heterocycles. The van der Waals surface area contributed by atoms with Crippen molar-refractivity contribution in [2.45, 2.75) is 10.4 Å². The van der Waals surface area contributed by atoms with E-state index in [4.69, 9.17) is 11.6 Å². The number of anilines is 1. The number of aromatic nitrogens is 1. The fourth-order valence-electron chi connectivity index (χ4n) is 2.23. The second-order valence-corrected chi connectivity index (χ2v) is 9.84. The molecule has 0 bridgehead atoms. The van der Waals surface area contributed by atoms with Gasteiger partial charge in [0.15, 0.2) is 5.13 Å². The van der Waals surface area contributed by atoms with Crippen molar-refractivity contribution in [2.24, 2.45) is 0 Å². The van der Waals surface area contributed by atoms with Gasteiger partial charge >= 0.3 is 6.18 Å². The van der Waals surface area contributed by atoms with Crippen LogP contribution in [0.3, 0.4) is 0 Å². The Morgan fingerprint density at radius 2 is 1.79 bits per heavy atom.